The van der Waals surface area contributed by atoms with E-state index in [1.165, 1.54) is 12.8 Å². The van der Waals surface area contributed by atoms with Crippen LogP contribution in [0.2, 0.25) is 0 Å². The highest BCUT2D eigenvalue weighted by molar-refractivity contribution is 5.38. The van der Waals surface area contributed by atoms with Crippen molar-refractivity contribution in [2.45, 2.75) is 25.0 Å². The van der Waals surface area contributed by atoms with Gasteiger partial charge in [0, 0.05) is 11.6 Å². The minimum Gasteiger partial charge on any atom is -0.496 e. The summed E-state index contributed by atoms with van der Waals surface area (Å²) < 4.78 is 7.36. The normalized spacial score (nSPS) is 16.6. The summed E-state index contributed by atoms with van der Waals surface area (Å²) in [5.41, 5.74) is 1.62. The first-order valence-electron chi connectivity index (χ1n) is 6.14. The van der Waals surface area contributed by atoms with E-state index in [4.69, 9.17) is 4.74 Å². The van der Waals surface area contributed by atoms with Crippen LogP contribution in [0.3, 0.4) is 0 Å². The summed E-state index contributed by atoms with van der Waals surface area (Å²) in [5.74, 6) is 0.702. The van der Waals surface area contributed by atoms with Crippen molar-refractivity contribution < 1.29 is 9.84 Å². The van der Waals surface area contributed by atoms with Gasteiger partial charge in [-0.1, -0.05) is 18.2 Å². The molecule has 18 heavy (non-hydrogen) atoms. The van der Waals surface area contributed by atoms with Crippen LogP contribution in [-0.4, -0.2) is 21.8 Å². The first kappa shape index (κ1) is 11.3. The molecule has 0 amide bonds. The molecule has 1 aliphatic carbocycles. The lowest BCUT2D eigenvalue weighted by Gasteiger charge is -2.16. The Kier molecular flexibility index (Phi) is 2.80. The molecular formula is C14H16N2O2. The van der Waals surface area contributed by atoms with Gasteiger partial charge in [-0.15, -0.1) is 0 Å². The maximum Gasteiger partial charge on any atom is 0.125 e. The topological polar surface area (TPSA) is 47.3 Å². The molecule has 1 N–H and O–H groups in total. The first-order valence-corrected chi connectivity index (χ1v) is 6.14. The van der Waals surface area contributed by atoms with Crippen LogP contribution in [0.5, 0.6) is 5.75 Å². The van der Waals surface area contributed by atoms with Crippen molar-refractivity contribution in [3.05, 3.63) is 48.0 Å². The third kappa shape index (κ3) is 1.88. The Bertz CT molecular complexity index is 546. The van der Waals surface area contributed by atoms with Crippen molar-refractivity contribution in [2.75, 3.05) is 7.11 Å². The van der Waals surface area contributed by atoms with Gasteiger partial charge in [0.05, 0.1) is 25.3 Å². The molecule has 0 bridgehead atoms. The van der Waals surface area contributed by atoms with Crippen LogP contribution in [0, 0.1) is 0 Å². The smallest absolute Gasteiger partial charge is 0.125 e. The van der Waals surface area contributed by atoms with Crippen LogP contribution in [0.25, 0.3) is 0 Å². The van der Waals surface area contributed by atoms with Gasteiger partial charge in [0.1, 0.15) is 11.9 Å². The van der Waals surface area contributed by atoms with Gasteiger partial charge in [0.25, 0.3) is 0 Å². The summed E-state index contributed by atoms with van der Waals surface area (Å²) in [6, 6.07) is 8.04. The van der Waals surface area contributed by atoms with Crippen LogP contribution in [-0.2, 0) is 0 Å². The first-order chi connectivity index (χ1) is 8.81. The van der Waals surface area contributed by atoms with Gasteiger partial charge in [-0.05, 0) is 18.9 Å². The highest BCUT2D eigenvalue weighted by atomic mass is 16.5. The van der Waals surface area contributed by atoms with Crippen molar-refractivity contribution >= 4 is 0 Å². The van der Waals surface area contributed by atoms with E-state index < -0.39 is 6.10 Å². The van der Waals surface area contributed by atoms with Crippen LogP contribution in [0.1, 0.15) is 36.2 Å². The minimum absolute atomic E-state index is 0.506. The standard InChI is InChI=1S/C14H16N2O2/c1-18-13-5-3-2-4-11(13)14(17)12-8-15-9-16(12)10-6-7-10/h2-5,8-10,14,17H,6-7H2,1H3. The van der Waals surface area contributed by atoms with E-state index in [0.717, 1.165) is 11.3 Å². The van der Waals surface area contributed by atoms with Crippen molar-refractivity contribution in [3.8, 4) is 5.75 Å². The Morgan fingerprint density at radius 1 is 1.39 bits per heavy atom. The number of rotatable bonds is 4. The van der Waals surface area contributed by atoms with E-state index in [0.29, 0.717) is 11.8 Å². The van der Waals surface area contributed by atoms with E-state index in [9.17, 15) is 5.11 Å². The molecule has 1 saturated carbocycles. The highest BCUT2D eigenvalue weighted by Crippen LogP contribution is 2.38. The average Bonchev–Trinajstić information content (AvgIpc) is 3.15. The fourth-order valence-corrected chi connectivity index (χ4v) is 2.24. The average molecular weight is 244 g/mol. The molecule has 1 atom stereocenters. The number of benzene rings is 1. The zero-order chi connectivity index (χ0) is 12.5. The molecule has 1 unspecified atom stereocenters. The third-order valence-electron chi connectivity index (χ3n) is 3.35. The highest BCUT2D eigenvalue weighted by Gasteiger charge is 2.28. The lowest BCUT2D eigenvalue weighted by atomic mass is 10.1. The Labute approximate surface area is 106 Å². The quantitative estimate of drug-likeness (QED) is 0.897. The second kappa shape index (κ2) is 4.46. The van der Waals surface area contributed by atoms with E-state index in [1.54, 1.807) is 19.6 Å². The molecule has 1 aromatic carbocycles. The molecule has 0 aliphatic heterocycles. The minimum atomic E-state index is -0.691. The van der Waals surface area contributed by atoms with Crippen molar-refractivity contribution in [3.63, 3.8) is 0 Å². The number of aliphatic hydroxyl groups excluding tert-OH is 1. The number of nitrogens with zero attached hydrogens (tertiary/aromatic N) is 2. The van der Waals surface area contributed by atoms with Gasteiger partial charge in [0.2, 0.25) is 0 Å². The summed E-state index contributed by atoms with van der Waals surface area (Å²) >= 11 is 0. The largest absolute Gasteiger partial charge is 0.496 e. The predicted molar refractivity (Wildman–Crippen MR) is 67.6 cm³/mol. The predicted octanol–water partition coefficient (Wildman–Crippen LogP) is 2.31. The zero-order valence-electron chi connectivity index (χ0n) is 10.3. The number of aliphatic hydroxyl groups is 1. The van der Waals surface area contributed by atoms with E-state index in [2.05, 4.69) is 9.55 Å². The van der Waals surface area contributed by atoms with Gasteiger partial charge in [-0.25, -0.2) is 4.98 Å². The lowest BCUT2D eigenvalue weighted by Crippen LogP contribution is -2.08. The molecular weight excluding hydrogens is 228 g/mol. The molecule has 1 fully saturated rings. The number of para-hydroxylation sites is 1. The van der Waals surface area contributed by atoms with E-state index in [-0.39, 0.29) is 0 Å². The van der Waals surface area contributed by atoms with Crippen LogP contribution < -0.4 is 4.74 Å². The fourth-order valence-electron chi connectivity index (χ4n) is 2.24. The Hall–Kier alpha value is -1.81. The Morgan fingerprint density at radius 3 is 2.89 bits per heavy atom. The second-order valence-electron chi connectivity index (χ2n) is 4.60. The van der Waals surface area contributed by atoms with Gasteiger partial charge in [-0.2, -0.15) is 0 Å². The number of hydrogen-bond donors (Lipinski definition) is 1. The molecule has 94 valence electrons. The SMILES string of the molecule is COc1ccccc1C(O)c1cncn1C1CC1. The van der Waals surface area contributed by atoms with Gasteiger partial charge >= 0.3 is 0 Å². The lowest BCUT2D eigenvalue weighted by molar-refractivity contribution is 0.204. The fraction of sp³-hybridized carbons (Fsp3) is 0.357. The summed E-state index contributed by atoms with van der Waals surface area (Å²) in [6.45, 7) is 0. The molecule has 1 aromatic heterocycles. The van der Waals surface area contributed by atoms with Crippen molar-refractivity contribution in [2.24, 2.45) is 0 Å². The maximum absolute atomic E-state index is 10.5. The molecule has 3 rings (SSSR count). The van der Waals surface area contributed by atoms with Gasteiger partial charge in [0.15, 0.2) is 0 Å². The maximum atomic E-state index is 10.5. The summed E-state index contributed by atoms with van der Waals surface area (Å²) in [7, 11) is 1.61. The summed E-state index contributed by atoms with van der Waals surface area (Å²) in [5, 5.41) is 10.5. The molecule has 4 heteroatoms. The molecule has 0 saturated heterocycles. The molecule has 4 nitrogen and oxygen atoms in total. The number of aromatic nitrogens is 2. The van der Waals surface area contributed by atoms with E-state index >= 15 is 0 Å². The second-order valence-corrected chi connectivity index (χ2v) is 4.60. The van der Waals surface area contributed by atoms with Crippen LogP contribution in [0.4, 0.5) is 0 Å². The van der Waals surface area contributed by atoms with Crippen LogP contribution >= 0.6 is 0 Å². The molecule has 1 heterocycles. The van der Waals surface area contributed by atoms with Crippen molar-refractivity contribution in [1.29, 1.82) is 0 Å². The number of hydrogen-bond acceptors (Lipinski definition) is 3. The van der Waals surface area contributed by atoms with Gasteiger partial charge < -0.3 is 14.4 Å². The number of imidazole rings is 1. The zero-order valence-corrected chi connectivity index (χ0v) is 10.3. The Balaban J connectivity index is 1.98. The summed E-state index contributed by atoms with van der Waals surface area (Å²) in [6.07, 6.45) is 5.18. The molecule has 1 aliphatic rings. The number of methoxy groups -OCH3 is 1. The monoisotopic (exact) mass is 244 g/mol. The number of ether oxygens (including phenoxy) is 1. The van der Waals surface area contributed by atoms with Crippen molar-refractivity contribution in [1.82, 2.24) is 9.55 Å². The molecule has 0 spiro atoms. The molecule has 0 radical (unpaired) electrons. The Morgan fingerprint density at radius 2 is 2.17 bits per heavy atom. The van der Waals surface area contributed by atoms with Gasteiger partial charge in [-0.3, -0.25) is 0 Å². The van der Waals surface area contributed by atoms with E-state index in [1.807, 2.05) is 24.3 Å². The summed E-state index contributed by atoms with van der Waals surface area (Å²) in [4.78, 5) is 4.15. The van der Waals surface area contributed by atoms with Crippen LogP contribution in [0.15, 0.2) is 36.8 Å². The third-order valence-corrected chi connectivity index (χ3v) is 3.35. The molecule has 2 aromatic rings.